The number of unbranched alkanes of at least 4 members (excludes halogenated alkanes) is 2. The van der Waals surface area contributed by atoms with Crippen molar-refractivity contribution in [2.45, 2.75) is 90.3 Å². The first kappa shape index (κ1) is 18.5. The molecule has 1 N–H and O–H groups in total. The fraction of sp³-hybridized carbons (Fsp3) is 0.850. The van der Waals surface area contributed by atoms with Crippen molar-refractivity contribution in [2.24, 2.45) is 17.8 Å². The van der Waals surface area contributed by atoms with Crippen LogP contribution >= 0.6 is 0 Å². The molecule has 1 aliphatic heterocycles. The van der Waals surface area contributed by atoms with Crippen molar-refractivity contribution in [2.75, 3.05) is 0 Å². The van der Waals surface area contributed by atoms with Crippen LogP contribution in [0, 0.1) is 17.8 Å². The van der Waals surface area contributed by atoms with Crippen LogP contribution in [0.15, 0.2) is 12.2 Å². The Bertz CT molecular complexity index is 390. The van der Waals surface area contributed by atoms with Crippen LogP contribution in [-0.2, 0) is 9.53 Å². The molecule has 1 aliphatic carbocycles. The number of aliphatic hydroxyl groups excluding tert-OH is 1. The number of hydrogen-bond acceptors (Lipinski definition) is 3. The number of carbonyl (C=O) groups excluding carboxylic acids is 1. The largest absolute Gasteiger partial charge is 0.462 e. The van der Waals surface area contributed by atoms with Gasteiger partial charge < -0.3 is 9.84 Å². The molecule has 1 saturated carbocycles. The van der Waals surface area contributed by atoms with Crippen LogP contribution in [-0.4, -0.2) is 23.3 Å². The maximum Gasteiger partial charge on any atom is 0.306 e. The molecule has 2 aliphatic rings. The van der Waals surface area contributed by atoms with Gasteiger partial charge in [0.2, 0.25) is 0 Å². The molecule has 1 unspecified atom stereocenters. The van der Waals surface area contributed by atoms with E-state index in [2.05, 4.69) is 26.0 Å². The maximum atomic E-state index is 11.8. The molecule has 132 valence electrons. The molecule has 0 bridgehead atoms. The molecule has 1 fully saturated rings. The SMILES string of the molecule is CCCCCC(C)CC[C@@H]1[C@H]2C/C=C\CCC(=O)O[C@H]2C[C@H]1O. The van der Waals surface area contributed by atoms with Gasteiger partial charge in [-0.25, -0.2) is 0 Å². The standard InChI is InChI=1S/C20H34O3/c1-3-4-6-9-15(2)12-13-16-17-10-7-5-8-11-20(22)23-19(17)14-18(16)21/h5,7,15-19,21H,3-4,6,8-14H2,1-2H3/b7-5-/t15?,16-,17-,18-,19+/m1/s1. The highest BCUT2D eigenvalue weighted by Crippen LogP contribution is 2.41. The second-order valence-electron chi connectivity index (χ2n) is 7.58. The molecule has 0 spiro atoms. The summed E-state index contributed by atoms with van der Waals surface area (Å²) in [5.41, 5.74) is 0. The van der Waals surface area contributed by atoms with Gasteiger partial charge in [0, 0.05) is 18.8 Å². The van der Waals surface area contributed by atoms with Crippen LogP contribution in [0.3, 0.4) is 0 Å². The summed E-state index contributed by atoms with van der Waals surface area (Å²) in [6.07, 6.45) is 14.1. The van der Waals surface area contributed by atoms with Gasteiger partial charge in [0.15, 0.2) is 0 Å². The van der Waals surface area contributed by atoms with Gasteiger partial charge in [-0.1, -0.05) is 58.1 Å². The molecule has 23 heavy (non-hydrogen) atoms. The molecule has 0 aromatic rings. The van der Waals surface area contributed by atoms with E-state index < -0.39 is 0 Å². The maximum absolute atomic E-state index is 11.8. The van der Waals surface area contributed by atoms with Gasteiger partial charge in [-0.3, -0.25) is 4.79 Å². The van der Waals surface area contributed by atoms with E-state index in [1.165, 1.54) is 32.1 Å². The molecule has 3 heteroatoms. The van der Waals surface area contributed by atoms with Crippen molar-refractivity contribution in [3.05, 3.63) is 12.2 Å². The van der Waals surface area contributed by atoms with E-state index in [9.17, 15) is 9.90 Å². The number of aliphatic hydroxyl groups is 1. The minimum Gasteiger partial charge on any atom is -0.462 e. The van der Waals surface area contributed by atoms with E-state index in [0.717, 1.165) is 25.2 Å². The lowest BCUT2D eigenvalue weighted by molar-refractivity contribution is -0.151. The van der Waals surface area contributed by atoms with Crippen molar-refractivity contribution in [1.29, 1.82) is 0 Å². The Labute approximate surface area is 141 Å². The zero-order valence-corrected chi connectivity index (χ0v) is 14.9. The number of carbonyl (C=O) groups is 1. The molecule has 5 atom stereocenters. The van der Waals surface area contributed by atoms with Gasteiger partial charge in [-0.15, -0.1) is 0 Å². The van der Waals surface area contributed by atoms with E-state index >= 15 is 0 Å². The topological polar surface area (TPSA) is 46.5 Å². The molecule has 0 saturated heterocycles. The van der Waals surface area contributed by atoms with Gasteiger partial charge in [0.25, 0.3) is 0 Å². The predicted molar refractivity (Wildman–Crippen MR) is 93.0 cm³/mol. The van der Waals surface area contributed by atoms with E-state index in [4.69, 9.17) is 4.74 Å². The van der Waals surface area contributed by atoms with E-state index in [1.54, 1.807) is 0 Å². The van der Waals surface area contributed by atoms with Gasteiger partial charge >= 0.3 is 5.97 Å². The fourth-order valence-electron chi connectivity index (χ4n) is 4.18. The highest BCUT2D eigenvalue weighted by Gasteiger charge is 2.43. The first-order chi connectivity index (χ1) is 11.1. The first-order valence-electron chi connectivity index (χ1n) is 9.64. The molecular weight excluding hydrogens is 288 g/mol. The van der Waals surface area contributed by atoms with Crippen molar-refractivity contribution in [3.8, 4) is 0 Å². The van der Waals surface area contributed by atoms with Gasteiger partial charge in [-0.05, 0) is 31.1 Å². The summed E-state index contributed by atoms with van der Waals surface area (Å²) in [6.45, 7) is 4.57. The third-order valence-electron chi connectivity index (χ3n) is 5.66. The van der Waals surface area contributed by atoms with Crippen LogP contribution in [0.1, 0.15) is 78.1 Å². The van der Waals surface area contributed by atoms with Crippen molar-refractivity contribution in [1.82, 2.24) is 0 Å². The Morgan fingerprint density at radius 1 is 1.30 bits per heavy atom. The van der Waals surface area contributed by atoms with Crippen molar-refractivity contribution in [3.63, 3.8) is 0 Å². The Balaban J connectivity index is 1.88. The molecular formula is C20H34O3. The number of ether oxygens (including phenoxy) is 1. The quantitative estimate of drug-likeness (QED) is 0.422. The summed E-state index contributed by atoms with van der Waals surface area (Å²) in [5.74, 6) is 1.20. The Kier molecular flexibility index (Phi) is 7.61. The van der Waals surface area contributed by atoms with Crippen LogP contribution in [0.25, 0.3) is 0 Å². The molecule has 0 radical (unpaired) electrons. The highest BCUT2D eigenvalue weighted by molar-refractivity contribution is 5.69. The fourth-order valence-corrected chi connectivity index (χ4v) is 4.18. The van der Waals surface area contributed by atoms with E-state index in [0.29, 0.717) is 18.8 Å². The predicted octanol–water partition coefficient (Wildman–Crippen LogP) is 4.63. The van der Waals surface area contributed by atoms with Crippen LogP contribution in [0.2, 0.25) is 0 Å². The van der Waals surface area contributed by atoms with Crippen LogP contribution in [0.4, 0.5) is 0 Å². The number of allylic oxidation sites excluding steroid dienone is 2. The summed E-state index contributed by atoms with van der Waals surface area (Å²) in [7, 11) is 0. The molecule has 0 aromatic carbocycles. The van der Waals surface area contributed by atoms with Gasteiger partial charge in [-0.2, -0.15) is 0 Å². The molecule has 3 nitrogen and oxygen atoms in total. The number of fused-ring (bicyclic) bond motifs is 1. The van der Waals surface area contributed by atoms with Gasteiger partial charge in [0.05, 0.1) is 6.10 Å². The number of esters is 1. The molecule has 2 rings (SSSR count). The lowest BCUT2D eigenvalue weighted by atomic mass is 9.84. The summed E-state index contributed by atoms with van der Waals surface area (Å²) >= 11 is 0. The van der Waals surface area contributed by atoms with Crippen LogP contribution in [0.5, 0.6) is 0 Å². The molecule has 1 heterocycles. The average Bonchev–Trinajstić information content (AvgIpc) is 2.83. The number of rotatable bonds is 7. The van der Waals surface area contributed by atoms with Crippen LogP contribution < -0.4 is 0 Å². The minimum atomic E-state index is -0.312. The first-order valence-corrected chi connectivity index (χ1v) is 9.64. The summed E-state index contributed by atoms with van der Waals surface area (Å²) in [6, 6.07) is 0. The Morgan fingerprint density at radius 2 is 2.13 bits per heavy atom. The second-order valence-corrected chi connectivity index (χ2v) is 7.58. The monoisotopic (exact) mass is 322 g/mol. The lowest BCUT2D eigenvalue weighted by Crippen LogP contribution is -2.25. The summed E-state index contributed by atoms with van der Waals surface area (Å²) < 4.78 is 5.64. The van der Waals surface area contributed by atoms with Crippen molar-refractivity contribution >= 4 is 5.97 Å². The molecule has 0 amide bonds. The zero-order valence-electron chi connectivity index (χ0n) is 14.9. The van der Waals surface area contributed by atoms with E-state index in [-0.39, 0.29) is 24.1 Å². The average molecular weight is 322 g/mol. The second kappa shape index (κ2) is 9.46. The van der Waals surface area contributed by atoms with Gasteiger partial charge in [0.1, 0.15) is 6.10 Å². The van der Waals surface area contributed by atoms with Crippen molar-refractivity contribution < 1.29 is 14.6 Å². The number of hydrogen-bond donors (Lipinski definition) is 1. The third-order valence-corrected chi connectivity index (χ3v) is 5.66. The summed E-state index contributed by atoms with van der Waals surface area (Å²) in [5, 5.41) is 10.5. The van der Waals surface area contributed by atoms with E-state index in [1.807, 2.05) is 0 Å². The minimum absolute atomic E-state index is 0.0827. The Hall–Kier alpha value is -0.830. The lowest BCUT2D eigenvalue weighted by Gasteiger charge is -2.25. The third kappa shape index (κ3) is 5.63. The molecule has 0 aromatic heterocycles. The normalized spacial score (nSPS) is 34.0. The highest BCUT2D eigenvalue weighted by atomic mass is 16.5. The summed E-state index contributed by atoms with van der Waals surface area (Å²) in [4.78, 5) is 11.8. The zero-order chi connectivity index (χ0) is 16.7. The Morgan fingerprint density at radius 3 is 2.91 bits per heavy atom. The smallest absolute Gasteiger partial charge is 0.306 e.